The van der Waals surface area contributed by atoms with Crippen LogP contribution in [0.2, 0.25) is 0 Å². The summed E-state index contributed by atoms with van der Waals surface area (Å²) in [5.41, 5.74) is 8.72. The van der Waals surface area contributed by atoms with Crippen molar-refractivity contribution in [2.45, 2.75) is 39.3 Å². The molecule has 1 saturated heterocycles. The quantitative estimate of drug-likeness (QED) is 0.895. The van der Waals surface area contributed by atoms with E-state index in [4.69, 9.17) is 5.73 Å². The molecular formula is C17H29N3. The number of piperazine rings is 1. The molecule has 0 aliphatic carbocycles. The number of aryl methyl sites for hydroxylation is 1. The molecule has 1 aromatic carbocycles. The molecule has 3 nitrogen and oxygen atoms in total. The second-order valence-electron chi connectivity index (χ2n) is 6.04. The first-order chi connectivity index (χ1) is 9.65. The Labute approximate surface area is 123 Å². The lowest BCUT2D eigenvalue weighted by Crippen LogP contribution is -2.53. The maximum Gasteiger partial charge on any atom is 0.0471 e. The van der Waals surface area contributed by atoms with E-state index in [0.29, 0.717) is 18.6 Å². The van der Waals surface area contributed by atoms with E-state index in [0.717, 1.165) is 19.6 Å². The molecule has 1 aromatic rings. The molecule has 0 saturated carbocycles. The van der Waals surface area contributed by atoms with Gasteiger partial charge < -0.3 is 5.73 Å². The minimum atomic E-state index is 0.363. The van der Waals surface area contributed by atoms with E-state index in [1.807, 2.05) is 0 Å². The zero-order valence-corrected chi connectivity index (χ0v) is 13.2. The average Bonchev–Trinajstić information content (AvgIpc) is 2.45. The molecule has 0 aromatic heterocycles. The van der Waals surface area contributed by atoms with Gasteiger partial charge in [0.1, 0.15) is 0 Å². The third-order valence-corrected chi connectivity index (χ3v) is 4.43. The first kappa shape index (κ1) is 15.5. The molecule has 1 aliphatic heterocycles. The molecule has 0 amide bonds. The van der Waals surface area contributed by atoms with Crippen molar-refractivity contribution >= 4 is 0 Å². The number of rotatable bonds is 5. The Bertz CT molecular complexity index is 401. The van der Waals surface area contributed by atoms with E-state index in [1.165, 1.54) is 24.1 Å². The Hall–Kier alpha value is -0.900. The molecular weight excluding hydrogens is 246 g/mol. The van der Waals surface area contributed by atoms with Gasteiger partial charge in [0, 0.05) is 38.3 Å². The average molecular weight is 275 g/mol. The van der Waals surface area contributed by atoms with E-state index in [9.17, 15) is 0 Å². The van der Waals surface area contributed by atoms with Gasteiger partial charge in [-0.3, -0.25) is 9.80 Å². The highest BCUT2D eigenvalue weighted by Crippen LogP contribution is 2.23. The molecule has 1 heterocycles. The molecule has 0 radical (unpaired) electrons. The van der Waals surface area contributed by atoms with Crippen molar-refractivity contribution in [2.75, 3.05) is 32.7 Å². The van der Waals surface area contributed by atoms with E-state index in [2.05, 4.69) is 54.8 Å². The van der Waals surface area contributed by atoms with Gasteiger partial charge in [0.15, 0.2) is 0 Å². The van der Waals surface area contributed by atoms with Crippen LogP contribution in [0, 0.1) is 6.92 Å². The van der Waals surface area contributed by atoms with Crippen molar-refractivity contribution in [3.8, 4) is 0 Å². The highest BCUT2D eigenvalue weighted by molar-refractivity contribution is 5.24. The molecule has 20 heavy (non-hydrogen) atoms. The summed E-state index contributed by atoms with van der Waals surface area (Å²) in [4.78, 5) is 5.15. The Kier molecular flexibility index (Phi) is 5.58. The Balaban J connectivity index is 2.04. The van der Waals surface area contributed by atoms with Crippen LogP contribution in [-0.2, 0) is 0 Å². The summed E-state index contributed by atoms with van der Waals surface area (Å²) in [7, 11) is 0. The second kappa shape index (κ2) is 7.21. The fourth-order valence-corrected chi connectivity index (χ4v) is 3.21. The van der Waals surface area contributed by atoms with Crippen LogP contribution < -0.4 is 5.73 Å². The highest BCUT2D eigenvalue weighted by Gasteiger charge is 2.27. The third-order valence-electron chi connectivity index (χ3n) is 4.43. The normalized spacial score (nSPS) is 22.9. The smallest absolute Gasteiger partial charge is 0.0471 e. The molecule has 2 unspecified atom stereocenters. The van der Waals surface area contributed by atoms with E-state index >= 15 is 0 Å². The zero-order chi connectivity index (χ0) is 14.5. The van der Waals surface area contributed by atoms with Crippen LogP contribution in [0.5, 0.6) is 0 Å². The summed E-state index contributed by atoms with van der Waals surface area (Å²) in [6.07, 6.45) is 1.24. The standard InChI is InChI=1S/C17H29N3/c1-4-9-19-10-11-20(13-15(19)3)17(12-18)16-7-5-14(2)6-8-16/h5-8,15,17H,4,9-13,18H2,1-3H3. The number of nitrogens with two attached hydrogens (primary N) is 1. The molecule has 0 bridgehead atoms. The molecule has 112 valence electrons. The van der Waals surface area contributed by atoms with Gasteiger partial charge in [0.05, 0.1) is 0 Å². The van der Waals surface area contributed by atoms with Gasteiger partial charge in [0.2, 0.25) is 0 Å². The highest BCUT2D eigenvalue weighted by atomic mass is 15.3. The van der Waals surface area contributed by atoms with Crippen LogP contribution in [0.1, 0.15) is 37.4 Å². The van der Waals surface area contributed by atoms with E-state index in [-0.39, 0.29) is 0 Å². The maximum atomic E-state index is 6.06. The second-order valence-corrected chi connectivity index (χ2v) is 6.04. The minimum Gasteiger partial charge on any atom is -0.329 e. The summed E-state index contributed by atoms with van der Waals surface area (Å²) in [6, 6.07) is 9.83. The summed E-state index contributed by atoms with van der Waals surface area (Å²) in [5.74, 6) is 0. The van der Waals surface area contributed by atoms with Gasteiger partial charge in [-0.25, -0.2) is 0 Å². The lowest BCUT2D eigenvalue weighted by atomic mass is 10.0. The molecule has 2 rings (SSSR count). The first-order valence-corrected chi connectivity index (χ1v) is 7.90. The minimum absolute atomic E-state index is 0.363. The topological polar surface area (TPSA) is 32.5 Å². The maximum absolute atomic E-state index is 6.06. The van der Waals surface area contributed by atoms with E-state index < -0.39 is 0 Å². The zero-order valence-electron chi connectivity index (χ0n) is 13.2. The van der Waals surface area contributed by atoms with Gasteiger partial charge in [-0.1, -0.05) is 36.8 Å². The fraction of sp³-hybridized carbons (Fsp3) is 0.647. The monoisotopic (exact) mass is 275 g/mol. The fourth-order valence-electron chi connectivity index (χ4n) is 3.21. The van der Waals surface area contributed by atoms with Gasteiger partial charge in [-0.15, -0.1) is 0 Å². The van der Waals surface area contributed by atoms with Crippen molar-refractivity contribution in [1.29, 1.82) is 0 Å². The predicted octanol–water partition coefficient (Wildman–Crippen LogP) is 2.41. The van der Waals surface area contributed by atoms with Crippen LogP contribution in [-0.4, -0.2) is 48.6 Å². The van der Waals surface area contributed by atoms with Crippen LogP contribution in [0.3, 0.4) is 0 Å². The summed E-state index contributed by atoms with van der Waals surface area (Å²) >= 11 is 0. The third kappa shape index (κ3) is 3.60. The van der Waals surface area contributed by atoms with Crippen LogP contribution in [0.15, 0.2) is 24.3 Å². The SMILES string of the molecule is CCCN1CCN(C(CN)c2ccc(C)cc2)CC1C. The summed E-state index contributed by atoms with van der Waals surface area (Å²) in [5, 5.41) is 0. The van der Waals surface area contributed by atoms with Gasteiger partial charge in [-0.2, -0.15) is 0 Å². The molecule has 0 spiro atoms. The van der Waals surface area contributed by atoms with Gasteiger partial charge in [0.25, 0.3) is 0 Å². The lowest BCUT2D eigenvalue weighted by Gasteiger charge is -2.43. The van der Waals surface area contributed by atoms with Crippen molar-refractivity contribution in [3.63, 3.8) is 0 Å². The van der Waals surface area contributed by atoms with Crippen molar-refractivity contribution in [1.82, 2.24) is 9.80 Å². The van der Waals surface area contributed by atoms with Crippen molar-refractivity contribution in [3.05, 3.63) is 35.4 Å². The molecule has 2 atom stereocenters. The van der Waals surface area contributed by atoms with Crippen molar-refractivity contribution in [2.24, 2.45) is 5.73 Å². The molecule has 3 heteroatoms. The largest absolute Gasteiger partial charge is 0.329 e. The number of benzene rings is 1. The summed E-state index contributed by atoms with van der Waals surface area (Å²) in [6.45, 7) is 12.1. The number of hydrogen-bond acceptors (Lipinski definition) is 3. The van der Waals surface area contributed by atoms with E-state index in [1.54, 1.807) is 0 Å². The van der Waals surface area contributed by atoms with Crippen molar-refractivity contribution < 1.29 is 0 Å². The Morgan fingerprint density at radius 3 is 2.50 bits per heavy atom. The van der Waals surface area contributed by atoms with Gasteiger partial charge in [-0.05, 0) is 32.4 Å². The Morgan fingerprint density at radius 1 is 1.25 bits per heavy atom. The Morgan fingerprint density at radius 2 is 1.95 bits per heavy atom. The molecule has 1 aliphatic rings. The number of hydrogen-bond donors (Lipinski definition) is 1. The lowest BCUT2D eigenvalue weighted by molar-refractivity contribution is 0.0572. The van der Waals surface area contributed by atoms with Crippen LogP contribution >= 0.6 is 0 Å². The molecule has 1 fully saturated rings. The first-order valence-electron chi connectivity index (χ1n) is 7.90. The summed E-state index contributed by atoms with van der Waals surface area (Å²) < 4.78 is 0. The van der Waals surface area contributed by atoms with Crippen LogP contribution in [0.25, 0.3) is 0 Å². The number of nitrogens with zero attached hydrogens (tertiary/aromatic N) is 2. The molecule has 2 N–H and O–H groups in total. The predicted molar refractivity (Wildman–Crippen MR) is 85.9 cm³/mol. The van der Waals surface area contributed by atoms with Crippen LogP contribution in [0.4, 0.5) is 0 Å². The van der Waals surface area contributed by atoms with Gasteiger partial charge >= 0.3 is 0 Å².